The molecule has 0 unspecified atom stereocenters. The number of aliphatic imine (C=N–C) groups is 2. The van der Waals surface area contributed by atoms with Crippen LogP contribution in [0.3, 0.4) is 0 Å². The molecule has 1 aliphatic carbocycles. The van der Waals surface area contributed by atoms with Crippen LogP contribution in [0.5, 0.6) is 0 Å². The van der Waals surface area contributed by atoms with E-state index in [9.17, 15) is 0 Å². The van der Waals surface area contributed by atoms with Gasteiger partial charge < -0.3 is 5.32 Å². The Balaban J connectivity index is 0.00000108. The van der Waals surface area contributed by atoms with Crippen LogP contribution in [-0.4, -0.2) is 25.5 Å². The highest BCUT2D eigenvalue weighted by Gasteiger charge is 2.07. The summed E-state index contributed by atoms with van der Waals surface area (Å²) in [6, 6.07) is 6.18. The Morgan fingerprint density at radius 3 is 2.23 bits per heavy atom. The number of benzene rings is 1. The van der Waals surface area contributed by atoms with Gasteiger partial charge in [0.1, 0.15) is 0 Å². The number of rotatable bonds is 8. The predicted molar refractivity (Wildman–Crippen MR) is 161 cm³/mol. The molecule has 0 spiro atoms. The summed E-state index contributed by atoms with van der Waals surface area (Å²) in [6.45, 7) is 21.4. The quantitative estimate of drug-likeness (QED) is 0.294. The van der Waals surface area contributed by atoms with Crippen molar-refractivity contribution < 1.29 is 0 Å². The van der Waals surface area contributed by atoms with Gasteiger partial charge in [-0.05, 0) is 52.2 Å². The first-order valence-corrected chi connectivity index (χ1v) is 13.3. The van der Waals surface area contributed by atoms with Gasteiger partial charge >= 0.3 is 0 Å². The number of nitrogens with one attached hydrogen (secondary N) is 1. The lowest BCUT2D eigenvalue weighted by Gasteiger charge is -2.15. The van der Waals surface area contributed by atoms with Crippen LogP contribution >= 0.6 is 0 Å². The van der Waals surface area contributed by atoms with Crippen LogP contribution in [0.4, 0.5) is 0 Å². The second-order valence-corrected chi connectivity index (χ2v) is 8.90. The fraction of sp³-hybridized carbons (Fsp3) is 0.500. The molecule has 1 aromatic carbocycles. The van der Waals surface area contributed by atoms with Gasteiger partial charge in [-0.1, -0.05) is 101 Å². The van der Waals surface area contributed by atoms with Gasteiger partial charge in [-0.25, -0.2) is 0 Å². The molecule has 194 valence electrons. The molecule has 1 saturated carbocycles. The zero-order valence-corrected chi connectivity index (χ0v) is 24.0. The normalized spacial score (nSPS) is 15.4. The van der Waals surface area contributed by atoms with Crippen LogP contribution in [-0.2, 0) is 0 Å². The first-order chi connectivity index (χ1) is 16.8. The Hall–Kier alpha value is -2.68. The molecule has 1 aliphatic rings. The second-order valence-electron chi connectivity index (χ2n) is 8.90. The molecule has 0 aromatic heterocycles. The minimum absolute atomic E-state index is 0.625. The fourth-order valence-corrected chi connectivity index (χ4v) is 3.66. The minimum Gasteiger partial charge on any atom is -0.379 e. The summed E-state index contributed by atoms with van der Waals surface area (Å²) < 4.78 is 0. The van der Waals surface area contributed by atoms with Gasteiger partial charge in [0.15, 0.2) is 0 Å². The largest absolute Gasteiger partial charge is 0.379 e. The van der Waals surface area contributed by atoms with Crippen LogP contribution < -0.4 is 5.32 Å². The van der Waals surface area contributed by atoms with Crippen molar-refractivity contribution in [1.82, 2.24) is 5.32 Å². The van der Waals surface area contributed by atoms with Gasteiger partial charge in [-0.3, -0.25) is 9.98 Å². The van der Waals surface area contributed by atoms with Crippen LogP contribution in [0.2, 0.25) is 0 Å². The van der Waals surface area contributed by atoms with Crippen molar-refractivity contribution in [3.8, 4) is 0 Å². The molecular formula is C32H51N3. The fourth-order valence-electron chi connectivity index (χ4n) is 3.66. The molecule has 0 saturated heterocycles. The molecular weight excluding hydrogens is 426 g/mol. The Morgan fingerprint density at radius 2 is 1.71 bits per heavy atom. The Labute approximate surface area is 217 Å². The summed E-state index contributed by atoms with van der Waals surface area (Å²) in [5, 5.41) is 3.39. The van der Waals surface area contributed by atoms with Gasteiger partial charge in [0.25, 0.3) is 0 Å². The van der Waals surface area contributed by atoms with E-state index in [1.807, 2.05) is 59.1 Å². The molecule has 3 nitrogen and oxygen atoms in total. The molecule has 0 radical (unpaired) electrons. The third-order valence-corrected chi connectivity index (χ3v) is 5.98. The molecule has 1 N–H and O–H groups in total. The van der Waals surface area contributed by atoms with Crippen LogP contribution in [0.15, 0.2) is 70.3 Å². The standard InChI is InChI=1S/C23H31N3.C7H14.C2H6/c1-8-17(3)13-14-19(5)26-21(9-2)15-25-20(6)22-12-10-11-18(4)23(22)16-24-7;1-7-5-3-2-4-6-7;1-2/h8-14,16,25H,6,15H2,1-5,7H3;7H,2-6H2,1H3;1-2H3/b14-13-,17-8-,21-9-,24-16?,26-19+;;. The summed E-state index contributed by atoms with van der Waals surface area (Å²) in [6.07, 6.45) is 17.5. The zero-order valence-electron chi connectivity index (χ0n) is 24.0. The smallest absolute Gasteiger partial charge is 0.0570 e. The molecule has 0 bridgehead atoms. The summed E-state index contributed by atoms with van der Waals surface area (Å²) in [5.74, 6) is 1.04. The lowest BCUT2D eigenvalue weighted by atomic mass is 9.91. The molecule has 0 heterocycles. The molecule has 1 aromatic rings. The first-order valence-electron chi connectivity index (χ1n) is 13.3. The minimum atomic E-state index is 0.625. The van der Waals surface area contributed by atoms with Crippen LogP contribution in [0.1, 0.15) is 97.3 Å². The number of nitrogens with zero attached hydrogens (tertiary/aromatic N) is 2. The predicted octanol–water partition coefficient (Wildman–Crippen LogP) is 9.10. The molecule has 35 heavy (non-hydrogen) atoms. The highest BCUT2D eigenvalue weighted by molar-refractivity contribution is 5.94. The summed E-state index contributed by atoms with van der Waals surface area (Å²) >= 11 is 0. The average molecular weight is 478 g/mol. The van der Waals surface area contributed by atoms with E-state index in [0.717, 1.165) is 34.2 Å². The van der Waals surface area contributed by atoms with Gasteiger partial charge in [-0.2, -0.15) is 0 Å². The lowest BCUT2D eigenvalue weighted by Crippen LogP contribution is -2.16. The number of hydrogen-bond acceptors (Lipinski definition) is 3. The molecule has 0 amide bonds. The van der Waals surface area contributed by atoms with Crippen molar-refractivity contribution in [1.29, 1.82) is 0 Å². The van der Waals surface area contributed by atoms with E-state index in [4.69, 9.17) is 0 Å². The topological polar surface area (TPSA) is 36.8 Å². The van der Waals surface area contributed by atoms with Crippen molar-refractivity contribution in [3.63, 3.8) is 0 Å². The molecule has 0 aliphatic heterocycles. The van der Waals surface area contributed by atoms with Crippen LogP contribution in [0, 0.1) is 12.8 Å². The Kier molecular flexibility index (Phi) is 18.1. The van der Waals surface area contributed by atoms with Crippen molar-refractivity contribution in [2.24, 2.45) is 15.9 Å². The van der Waals surface area contributed by atoms with Crippen molar-refractivity contribution in [2.75, 3.05) is 13.6 Å². The summed E-state index contributed by atoms with van der Waals surface area (Å²) in [4.78, 5) is 8.84. The van der Waals surface area contributed by atoms with E-state index in [1.54, 1.807) is 7.05 Å². The Bertz CT molecular complexity index is 891. The van der Waals surface area contributed by atoms with E-state index in [-0.39, 0.29) is 0 Å². The summed E-state index contributed by atoms with van der Waals surface area (Å²) in [7, 11) is 1.78. The summed E-state index contributed by atoms with van der Waals surface area (Å²) in [5.41, 5.74) is 7.38. The highest BCUT2D eigenvalue weighted by Crippen LogP contribution is 2.22. The number of hydrogen-bond donors (Lipinski definition) is 1. The zero-order chi connectivity index (χ0) is 26.6. The van der Waals surface area contributed by atoms with E-state index in [0.29, 0.717) is 6.54 Å². The monoisotopic (exact) mass is 477 g/mol. The SMILES string of the molecule is C=C(NCC(=C/C)/N=C(C)/C=C\C(C)=C/C)c1cccc(C)c1C=NC.CC.CC1CCCCC1. The van der Waals surface area contributed by atoms with E-state index in [2.05, 4.69) is 66.9 Å². The van der Waals surface area contributed by atoms with E-state index in [1.165, 1.54) is 43.2 Å². The number of allylic oxidation sites excluding steroid dienone is 5. The van der Waals surface area contributed by atoms with Crippen molar-refractivity contribution >= 4 is 17.6 Å². The molecule has 0 atom stereocenters. The molecule has 2 rings (SSSR count). The Morgan fingerprint density at radius 1 is 1.06 bits per heavy atom. The van der Waals surface area contributed by atoms with Gasteiger partial charge in [0.2, 0.25) is 0 Å². The van der Waals surface area contributed by atoms with E-state index < -0.39 is 0 Å². The molecule has 1 fully saturated rings. The maximum atomic E-state index is 4.68. The van der Waals surface area contributed by atoms with Gasteiger partial charge in [0, 0.05) is 35.8 Å². The van der Waals surface area contributed by atoms with Gasteiger partial charge in [0.05, 0.1) is 12.2 Å². The highest BCUT2D eigenvalue weighted by atomic mass is 14.9. The van der Waals surface area contributed by atoms with Gasteiger partial charge in [-0.15, -0.1) is 0 Å². The molecule has 3 heteroatoms. The maximum absolute atomic E-state index is 4.68. The maximum Gasteiger partial charge on any atom is 0.0570 e. The van der Waals surface area contributed by atoms with Crippen LogP contribution in [0.25, 0.3) is 5.70 Å². The average Bonchev–Trinajstić information content (AvgIpc) is 2.88. The third kappa shape index (κ3) is 13.7. The second kappa shape index (κ2) is 19.6. The van der Waals surface area contributed by atoms with Crippen molar-refractivity contribution in [3.05, 3.63) is 77.0 Å². The lowest BCUT2D eigenvalue weighted by molar-refractivity contribution is 0.385. The van der Waals surface area contributed by atoms with E-state index >= 15 is 0 Å². The third-order valence-electron chi connectivity index (χ3n) is 5.98. The number of aryl methyl sites for hydroxylation is 1. The first kappa shape index (κ1) is 32.3. The van der Waals surface area contributed by atoms with Crippen molar-refractivity contribution in [2.45, 2.75) is 87.5 Å².